The molecule has 2 rings (SSSR count). The Hall–Kier alpha value is -2.01. The van der Waals surface area contributed by atoms with Crippen LogP contribution in [0.25, 0.3) is 0 Å². The van der Waals surface area contributed by atoms with Crippen molar-refractivity contribution < 1.29 is 13.6 Å². The lowest BCUT2D eigenvalue weighted by Crippen LogP contribution is -2.10. The van der Waals surface area contributed by atoms with Crippen LogP contribution >= 0.6 is 0 Å². The van der Waals surface area contributed by atoms with Crippen LogP contribution in [0.4, 0.5) is 8.78 Å². The minimum Gasteiger partial charge on any atom is -0.330 e. The van der Waals surface area contributed by atoms with Crippen LogP contribution in [0.5, 0.6) is 0 Å². The zero-order valence-electron chi connectivity index (χ0n) is 9.57. The fraction of sp³-hybridized carbons (Fsp3) is 0.154. The second-order valence-corrected chi connectivity index (χ2v) is 3.90. The first-order valence-electron chi connectivity index (χ1n) is 5.48. The van der Waals surface area contributed by atoms with Gasteiger partial charge in [-0.2, -0.15) is 0 Å². The molecule has 2 aromatic rings. The van der Waals surface area contributed by atoms with Crippen LogP contribution in [-0.4, -0.2) is 17.0 Å². The summed E-state index contributed by atoms with van der Waals surface area (Å²) >= 11 is 0. The van der Waals surface area contributed by atoms with Crippen LogP contribution in [0.1, 0.15) is 15.9 Å². The van der Waals surface area contributed by atoms with E-state index in [1.807, 2.05) is 0 Å². The highest BCUT2D eigenvalue weighted by Gasteiger charge is 2.11. The molecule has 0 aliphatic heterocycles. The summed E-state index contributed by atoms with van der Waals surface area (Å²) in [6.07, 6.45) is 3.88. The number of hydrogen-bond acceptors (Lipinski definition) is 2. The smallest absolute Gasteiger partial charge is 0.261 e. The summed E-state index contributed by atoms with van der Waals surface area (Å²) in [7, 11) is 0. The van der Waals surface area contributed by atoms with Crippen molar-refractivity contribution in [2.24, 2.45) is 5.73 Å². The molecule has 0 radical (unpaired) electrons. The van der Waals surface area contributed by atoms with E-state index in [1.54, 1.807) is 18.5 Å². The number of benzene rings is 1. The topological polar surface area (TPSA) is 48.0 Å². The van der Waals surface area contributed by atoms with Crippen molar-refractivity contribution in [2.45, 2.75) is 6.42 Å². The summed E-state index contributed by atoms with van der Waals surface area (Å²) < 4.78 is 27.1. The third-order valence-corrected chi connectivity index (χ3v) is 2.59. The molecule has 0 saturated heterocycles. The van der Waals surface area contributed by atoms with E-state index in [1.165, 1.54) is 10.6 Å². The number of nitrogens with two attached hydrogens (primary N) is 1. The molecule has 0 bridgehead atoms. The van der Waals surface area contributed by atoms with Crippen LogP contribution < -0.4 is 5.73 Å². The van der Waals surface area contributed by atoms with Gasteiger partial charge in [0.2, 0.25) is 0 Å². The molecule has 0 amide bonds. The fourth-order valence-corrected chi connectivity index (χ4v) is 1.66. The molecule has 0 spiro atoms. The Bertz CT molecular complexity index is 578. The molecular weight excluding hydrogens is 238 g/mol. The summed E-state index contributed by atoms with van der Waals surface area (Å²) in [5.74, 6) is -2.41. The van der Waals surface area contributed by atoms with Gasteiger partial charge in [-0.1, -0.05) is 0 Å². The number of rotatable bonds is 3. The van der Waals surface area contributed by atoms with E-state index in [-0.39, 0.29) is 5.56 Å². The van der Waals surface area contributed by atoms with Gasteiger partial charge >= 0.3 is 0 Å². The van der Waals surface area contributed by atoms with E-state index in [4.69, 9.17) is 5.73 Å². The maximum atomic E-state index is 13.0. The van der Waals surface area contributed by atoms with Crippen molar-refractivity contribution in [1.82, 2.24) is 4.57 Å². The number of carbonyl (C=O) groups is 1. The SMILES string of the molecule is NCCc1ccn(C(=O)c2ccc(F)c(F)c2)c1. The van der Waals surface area contributed by atoms with Crippen LogP contribution in [0.3, 0.4) is 0 Å². The van der Waals surface area contributed by atoms with Crippen molar-refractivity contribution in [3.8, 4) is 0 Å². The Kier molecular flexibility index (Phi) is 3.53. The van der Waals surface area contributed by atoms with Gasteiger partial charge in [0.15, 0.2) is 11.6 Å². The number of aromatic nitrogens is 1. The Morgan fingerprint density at radius 1 is 1.22 bits per heavy atom. The first-order valence-corrected chi connectivity index (χ1v) is 5.48. The standard InChI is InChI=1S/C13H12F2N2O/c14-11-2-1-10(7-12(11)15)13(18)17-6-4-9(8-17)3-5-16/h1-2,4,6-8H,3,5,16H2. The molecule has 18 heavy (non-hydrogen) atoms. The predicted octanol–water partition coefficient (Wildman–Crippen LogP) is 1.96. The third kappa shape index (κ3) is 2.46. The molecule has 0 unspecified atom stereocenters. The molecule has 0 aliphatic carbocycles. The Labute approximate surface area is 103 Å². The lowest BCUT2D eigenvalue weighted by Gasteiger charge is -2.02. The van der Waals surface area contributed by atoms with Crippen molar-refractivity contribution in [3.05, 3.63) is 59.4 Å². The molecule has 1 aromatic carbocycles. The maximum absolute atomic E-state index is 13.0. The molecule has 0 atom stereocenters. The lowest BCUT2D eigenvalue weighted by atomic mass is 10.2. The van der Waals surface area contributed by atoms with Crippen molar-refractivity contribution >= 4 is 5.91 Å². The molecular formula is C13H12F2N2O. The molecule has 3 nitrogen and oxygen atoms in total. The largest absolute Gasteiger partial charge is 0.330 e. The van der Waals surface area contributed by atoms with E-state index >= 15 is 0 Å². The number of halogens is 2. The number of hydrogen-bond donors (Lipinski definition) is 1. The van der Waals surface area contributed by atoms with E-state index in [9.17, 15) is 13.6 Å². The maximum Gasteiger partial charge on any atom is 0.261 e. The monoisotopic (exact) mass is 250 g/mol. The van der Waals surface area contributed by atoms with Gasteiger partial charge in [0, 0.05) is 18.0 Å². The Morgan fingerprint density at radius 3 is 2.67 bits per heavy atom. The van der Waals surface area contributed by atoms with Crippen LogP contribution in [0.15, 0.2) is 36.7 Å². The van der Waals surface area contributed by atoms with Crippen LogP contribution in [0, 0.1) is 11.6 Å². The minimum atomic E-state index is -1.03. The lowest BCUT2D eigenvalue weighted by molar-refractivity contribution is 0.0959. The molecule has 5 heteroatoms. The highest BCUT2D eigenvalue weighted by molar-refractivity contribution is 5.96. The summed E-state index contributed by atoms with van der Waals surface area (Å²) in [6.45, 7) is 0.489. The second-order valence-electron chi connectivity index (χ2n) is 3.90. The first kappa shape index (κ1) is 12.4. The minimum absolute atomic E-state index is 0.101. The van der Waals surface area contributed by atoms with Gasteiger partial charge in [0.1, 0.15) is 0 Å². The van der Waals surface area contributed by atoms with E-state index in [0.717, 1.165) is 17.7 Å². The molecule has 0 aliphatic rings. The average Bonchev–Trinajstić information content (AvgIpc) is 2.81. The molecule has 0 fully saturated rings. The normalized spacial score (nSPS) is 10.6. The van der Waals surface area contributed by atoms with Crippen molar-refractivity contribution in [1.29, 1.82) is 0 Å². The van der Waals surface area contributed by atoms with E-state index < -0.39 is 17.5 Å². The Balaban J connectivity index is 2.26. The fourth-order valence-electron chi connectivity index (χ4n) is 1.66. The van der Waals surface area contributed by atoms with Gasteiger partial charge in [0.25, 0.3) is 5.91 Å². The summed E-state index contributed by atoms with van der Waals surface area (Å²) in [5.41, 5.74) is 6.43. The molecule has 1 aromatic heterocycles. The second kappa shape index (κ2) is 5.10. The average molecular weight is 250 g/mol. The molecule has 0 saturated carbocycles. The Morgan fingerprint density at radius 2 is 2.00 bits per heavy atom. The highest BCUT2D eigenvalue weighted by Crippen LogP contribution is 2.11. The summed E-state index contributed by atoms with van der Waals surface area (Å²) in [5, 5.41) is 0. The molecule has 94 valence electrons. The predicted molar refractivity (Wildman–Crippen MR) is 63.3 cm³/mol. The molecule has 1 heterocycles. The van der Waals surface area contributed by atoms with Crippen molar-refractivity contribution in [2.75, 3.05) is 6.54 Å². The number of nitrogens with zero attached hydrogens (tertiary/aromatic N) is 1. The summed E-state index contributed by atoms with van der Waals surface area (Å²) in [4.78, 5) is 12.0. The molecule has 2 N–H and O–H groups in total. The number of carbonyl (C=O) groups excluding carboxylic acids is 1. The van der Waals surface area contributed by atoms with Crippen molar-refractivity contribution in [3.63, 3.8) is 0 Å². The van der Waals surface area contributed by atoms with Gasteiger partial charge < -0.3 is 5.73 Å². The van der Waals surface area contributed by atoms with Gasteiger partial charge in [-0.3, -0.25) is 9.36 Å². The van der Waals surface area contributed by atoms with Gasteiger partial charge in [-0.05, 0) is 42.8 Å². The quantitative estimate of drug-likeness (QED) is 0.905. The zero-order chi connectivity index (χ0) is 13.1. The zero-order valence-corrected chi connectivity index (χ0v) is 9.57. The van der Waals surface area contributed by atoms with Crippen LogP contribution in [0.2, 0.25) is 0 Å². The summed E-state index contributed by atoms with van der Waals surface area (Å²) in [6, 6.07) is 4.85. The van der Waals surface area contributed by atoms with Crippen LogP contribution in [-0.2, 0) is 6.42 Å². The third-order valence-electron chi connectivity index (χ3n) is 2.59. The van der Waals surface area contributed by atoms with Gasteiger partial charge in [-0.25, -0.2) is 8.78 Å². The highest BCUT2D eigenvalue weighted by atomic mass is 19.2. The van der Waals surface area contributed by atoms with E-state index in [2.05, 4.69) is 0 Å². The first-order chi connectivity index (χ1) is 8.61. The van der Waals surface area contributed by atoms with Gasteiger partial charge in [-0.15, -0.1) is 0 Å². The van der Waals surface area contributed by atoms with Gasteiger partial charge in [0.05, 0.1) is 0 Å². The van der Waals surface area contributed by atoms with E-state index in [0.29, 0.717) is 13.0 Å².